The molecule has 1 aromatic heterocycles. The number of hydrogen-bond acceptors (Lipinski definition) is 1. The lowest BCUT2D eigenvalue weighted by Crippen LogP contribution is -2.36. The number of aromatic amines is 1. The maximum atomic E-state index is 13.4. The van der Waals surface area contributed by atoms with E-state index in [1.165, 1.54) is 23.1 Å². The first-order valence-electron chi connectivity index (χ1n) is 8.59. The summed E-state index contributed by atoms with van der Waals surface area (Å²) in [5.41, 5.74) is 4.42. The van der Waals surface area contributed by atoms with Gasteiger partial charge in [-0.2, -0.15) is 0 Å². The molecule has 2 nitrogen and oxygen atoms in total. The van der Waals surface area contributed by atoms with Crippen molar-refractivity contribution >= 4 is 10.9 Å². The summed E-state index contributed by atoms with van der Waals surface area (Å²) in [5, 5.41) is 11.7. The molecule has 0 fully saturated rings. The highest BCUT2D eigenvalue weighted by Gasteiger charge is 2.40. The molecular weight excluding hydrogens is 313 g/mol. The molecule has 0 radical (unpaired) electrons. The van der Waals surface area contributed by atoms with Crippen LogP contribution in [0.5, 0.6) is 0 Å². The van der Waals surface area contributed by atoms with E-state index in [9.17, 15) is 9.50 Å². The molecule has 0 saturated heterocycles. The quantitative estimate of drug-likeness (QED) is 0.676. The molecule has 0 spiro atoms. The fraction of sp³-hybridized carbons (Fsp3) is 0.273. The fourth-order valence-corrected chi connectivity index (χ4v) is 4.35. The fourth-order valence-electron chi connectivity index (χ4n) is 4.35. The molecule has 3 heteroatoms. The summed E-state index contributed by atoms with van der Waals surface area (Å²) < 4.78 is 13.4. The predicted octanol–water partition coefficient (Wildman–Crippen LogP) is 4.24. The zero-order valence-electron chi connectivity index (χ0n) is 14.0. The van der Waals surface area contributed by atoms with Crippen LogP contribution < -0.4 is 0 Å². The average Bonchev–Trinajstić information content (AvgIpc) is 2.99. The second kappa shape index (κ2) is 6.06. The van der Waals surface area contributed by atoms with E-state index in [1.807, 2.05) is 12.1 Å². The Labute approximate surface area is 146 Å². The topological polar surface area (TPSA) is 36.0 Å². The van der Waals surface area contributed by atoms with Crippen molar-refractivity contribution in [3.63, 3.8) is 0 Å². The lowest BCUT2D eigenvalue weighted by atomic mass is 9.67. The highest BCUT2D eigenvalue weighted by molar-refractivity contribution is 5.85. The highest BCUT2D eigenvalue weighted by Crippen LogP contribution is 2.46. The number of hydrogen-bond donors (Lipinski definition) is 2. The van der Waals surface area contributed by atoms with E-state index in [2.05, 4.69) is 30.0 Å². The summed E-state index contributed by atoms with van der Waals surface area (Å²) in [6.07, 6.45) is 5.57. The number of para-hydroxylation sites is 1. The number of aliphatic hydroxyl groups is 1. The van der Waals surface area contributed by atoms with Gasteiger partial charge in [0.15, 0.2) is 0 Å². The molecule has 2 aromatic carbocycles. The second-order valence-corrected chi connectivity index (χ2v) is 6.96. The molecule has 126 valence electrons. The van der Waals surface area contributed by atoms with Crippen molar-refractivity contribution in [3.05, 3.63) is 71.2 Å². The van der Waals surface area contributed by atoms with Gasteiger partial charge in [-0.25, -0.2) is 4.39 Å². The molecule has 1 aliphatic rings. The van der Waals surface area contributed by atoms with Crippen LogP contribution in [-0.4, -0.2) is 16.2 Å². The molecule has 25 heavy (non-hydrogen) atoms. The second-order valence-electron chi connectivity index (χ2n) is 6.96. The summed E-state index contributed by atoms with van der Waals surface area (Å²) in [6, 6.07) is 14.8. The number of terminal acetylenes is 1. The lowest BCUT2D eigenvalue weighted by Gasteiger charge is -2.38. The van der Waals surface area contributed by atoms with Gasteiger partial charge in [-0.05, 0) is 41.7 Å². The van der Waals surface area contributed by atoms with Crippen molar-refractivity contribution in [3.8, 4) is 12.3 Å². The highest BCUT2D eigenvalue weighted by atomic mass is 19.1. The number of fused-ring (bicyclic) bond motifs is 3. The van der Waals surface area contributed by atoms with Crippen LogP contribution in [0.3, 0.4) is 0 Å². The first-order chi connectivity index (χ1) is 12.1. The van der Waals surface area contributed by atoms with Crippen LogP contribution in [0.1, 0.15) is 29.7 Å². The number of halogens is 1. The lowest BCUT2D eigenvalue weighted by molar-refractivity contribution is 0.105. The largest absolute Gasteiger partial charge is 0.380 e. The first kappa shape index (κ1) is 15.9. The third kappa shape index (κ3) is 2.54. The van der Waals surface area contributed by atoms with E-state index in [-0.39, 0.29) is 23.6 Å². The van der Waals surface area contributed by atoms with Crippen molar-refractivity contribution in [2.24, 2.45) is 11.8 Å². The first-order valence-corrected chi connectivity index (χ1v) is 8.59. The Morgan fingerprint density at radius 1 is 1.20 bits per heavy atom. The van der Waals surface area contributed by atoms with Gasteiger partial charge in [0.05, 0.1) is 0 Å². The monoisotopic (exact) mass is 333 g/mol. The van der Waals surface area contributed by atoms with E-state index >= 15 is 0 Å². The van der Waals surface area contributed by atoms with Gasteiger partial charge >= 0.3 is 0 Å². The van der Waals surface area contributed by atoms with Crippen molar-refractivity contribution in [2.75, 3.05) is 0 Å². The van der Waals surface area contributed by atoms with Crippen LogP contribution in [0.4, 0.5) is 4.39 Å². The summed E-state index contributed by atoms with van der Waals surface area (Å²) >= 11 is 0. The maximum Gasteiger partial charge on any atom is 0.123 e. The van der Waals surface area contributed by atoms with Crippen molar-refractivity contribution in [1.29, 1.82) is 0 Å². The minimum Gasteiger partial charge on any atom is -0.380 e. The smallest absolute Gasteiger partial charge is 0.123 e. The van der Waals surface area contributed by atoms with Crippen molar-refractivity contribution < 1.29 is 9.50 Å². The summed E-state index contributed by atoms with van der Waals surface area (Å²) in [5.74, 6) is 2.26. The zero-order chi connectivity index (χ0) is 17.6. The Morgan fingerprint density at radius 3 is 2.64 bits per heavy atom. The van der Waals surface area contributed by atoms with Gasteiger partial charge in [0.25, 0.3) is 0 Å². The SMILES string of the molecule is C#C[C@@H](O)[C@@H]1[C@H](c2ccc(F)cc2)c2[nH]c3ccccc3c2C[C@@H]1C. The molecule has 2 N–H and O–H groups in total. The van der Waals surface area contributed by atoms with E-state index < -0.39 is 6.10 Å². The summed E-state index contributed by atoms with van der Waals surface area (Å²) in [4.78, 5) is 3.54. The Bertz CT molecular complexity index is 950. The van der Waals surface area contributed by atoms with E-state index in [1.54, 1.807) is 12.1 Å². The molecule has 0 unspecified atom stereocenters. The predicted molar refractivity (Wildman–Crippen MR) is 97.7 cm³/mol. The van der Waals surface area contributed by atoms with Crippen LogP contribution in [0, 0.1) is 30.0 Å². The molecule has 4 rings (SSSR count). The number of rotatable bonds is 2. The molecule has 3 aromatic rings. The molecule has 0 saturated carbocycles. The molecule has 1 heterocycles. The Balaban J connectivity index is 1.95. The van der Waals surface area contributed by atoms with E-state index in [4.69, 9.17) is 6.42 Å². The van der Waals surface area contributed by atoms with E-state index in [0.717, 1.165) is 23.2 Å². The van der Waals surface area contributed by atoms with Gasteiger partial charge in [0.1, 0.15) is 11.9 Å². The zero-order valence-corrected chi connectivity index (χ0v) is 14.0. The Hall–Kier alpha value is -2.57. The number of aromatic nitrogens is 1. The van der Waals surface area contributed by atoms with Gasteiger partial charge in [0, 0.05) is 28.4 Å². The van der Waals surface area contributed by atoms with Gasteiger partial charge in [-0.3, -0.25) is 0 Å². The van der Waals surface area contributed by atoms with E-state index in [0.29, 0.717) is 0 Å². The number of aliphatic hydroxyl groups excluding tert-OH is 1. The van der Waals surface area contributed by atoms with Gasteiger partial charge < -0.3 is 10.1 Å². The molecule has 1 aliphatic carbocycles. The minimum absolute atomic E-state index is 0.0854. The summed E-state index contributed by atoms with van der Waals surface area (Å²) in [7, 11) is 0. The minimum atomic E-state index is -0.843. The standard InChI is InChI=1S/C22H20FNO/c1-3-19(25)20-13(2)12-17-16-6-4-5-7-18(16)24-22(17)21(20)14-8-10-15(23)11-9-14/h1,4-11,13,19-21,24-25H,12H2,2H3/t13-,19+,20+,21-/m0/s1. The van der Waals surface area contributed by atoms with Gasteiger partial charge in [-0.1, -0.05) is 43.2 Å². The average molecular weight is 333 g/mol. The molecule has 4 atom stereocenters. The molecular formula is C22H20FNO. The third-order valence-corrected chi connectivity index (χ3v) is 5.49. The van der Waals surface area contributed by atoms with Crippen LogP contribution in [0.15, 0.2) is 48.5 Å². The third-order valence-electron chi connectivity index (χ3n) is 5.49. The summed E-state index contributed by atoms with van der Waals surface area (Å²) in [6.45, 7) is 2.13. The Morgan fingerprint density at radius 2 is 1.92 bits per heavy atom. The van der Waals surface area contributed by atoms with Crippen LogP contribution in [0.2, 0.25) is 0 Å². The molecule has 0 bridgehead atoms. The number of nitrogens with one attached hydrogen (secondary N) is 1. The van der Waals surface area contributed by atoms with Crippen LogP contribution >= 0.6 is 0 Å². The number of benzene rings is 2. The molecule has 0 aliphatic heterocycles. The number of H-pyrrole nitrogens is 1. The van der Waals surface area contributed by atoms with Gasteiger partial charge in [-0.15, -0.1) is 6.42 Å². The van der Waals surface area contributed by atoms with Crippen LogP contribution in [0.25, 0.3) is 10.9 Å². The van der Waals surface area contributed by atoms with Gasteiger partial charge in [0.2, 0.25) is 0 Å². The van der Waals surface area contributed by atoms with Crippen molar-refractivity contribution in [1.82, 2.24) is 4.98 Å². The maximum absolute atomic E-state index is 13.4. The molecule has 0 amide bonds. The van der Waals surface area contributed by atoms with Crippen molar-refractivity contribution in [2.45, 2.75) is 25.4 Å². The van der Waals surface area contributed by atoms with Crippen LogP contribution in [-0.2, 0) is 6.42 Å². The Kier molecular flexibility index (Phi) is 3.86. The normalized spacial score (nSPS) is 23.8.